The fourth-order valence-corrected chi connectivity index (χ4v) is 4.13. The number of anilines is 1. The molecule has 2 fully saturated rings. The van der Waals surface area contributed by atoms with Gasteiger partial charge in [-0.25, -0.2) is 4.98 Å². The fraction of sp³-hybridized carbons (Fsp3) is 0.846. The third kappa shape index (κ3) is 2.14. The average molecular weight is 266 g/mol. The Morgan fingerprint density at radius 2 is 2.06 bits per heavy atom. The summed E-state index contributed by atoms with van der Waals surface area (Å²) in [6, 6.07) is 1.36. The van der Waals surface area contributed by atoms with Crippen LogP contribution in [0.5, 0.6) is 0 Å². The number of hydrogen-bond donors (Lipinski definition) is 0. The van der Waals surface area contributed by atoms with Crippen LogP contribution >= 0.6 is 11.5 Å². The maximum atomic E-state index is 4.70. The molecule has 2 unspecified atom stereocenters. The summed E-state index contributed by atoms with van der Waals surface area (Å²) in [6.45, 7) is 8.01. The number of rotatable bonds is 3. The highest BCUT2D eigenvalue weighted by atomic mass is 32.1. The van der Waals surface area contributed by atoms with E-state index < -0.39 is 0 Å². The summed E-state index contributed by atoms with van der Waals surface area (Å²) < 4.78 is 4.45. The molecule has 0 N–H and O–H groups in total. The van der Waals surface area contributed by atoms with Crippen molar-refractivity contribution in [1.82, 2.24) is 14.3 Å². The van der Waals surface area contributed by atoms with E-state index in [2.05, 4.69) is 28.0 Å². The highest BCUT2D eigenvalue weighted by molar-refractivity contribution is 7.09. The van der Waals surface area contributed by atoms with Gasteiger partial charge in [0.15, 0.2) is 0 Å². The Morgan fingerprint density at radius 3 is 2.78 bits per heavy atom. The molecular formula is C13H22N4S. The molecular weight excluding hydrogens is 244 g/mol. The zero-order valence-corrected chi connectivity index (χ0v) is 12.1. The molecule has 2 aliphatic rings. The zero-order valence-electron chi connectivity index (χ0n) is 11.3. The summed E-state index contributed by atoms with van der Waals surface area (Å²) in [7, 11) is 0. The van der Waals surface area contributed by atoms with Crippen LogP contribution in [-0.2, 0) is 6.42 Å². The molecule has 0 saturated carbocycles. The normalized spacial score (nSPS) is 28.7. The molecule has 2 aliphatic heterocycles. The SMILES string of the molecule is CCc1nsc(N2C3CCC2CN(CC)CC3)n1. The maximum Gasteiger partial charge on any atom is 0.205 e. The molecule has 3 rings (SSSR count). The van der Waals surface area contributed by atoms with Gasteiger partial charge in [0.25, 0.3) is 0 Å². The Balaban J connectivity index is 1.82. The second kappa shape index (κ2) is 5.13. The Labute approximate surface area is 113 Å². The van der Waals surface area contributed by atoms with Crippen molar-refractivity contribution in [1.29, 1.82) is 0 Å². The van der Waals surface area contributed by atoms with Crippen molar-refractivity contribution in [2.24, 2.45) is 0 Å². The van der Waals surface area contributed by atoms with Crippen LogP contribution in [-0.4, -0.2) is 46.0 Å². The molecule has 0 amide bonds. The first-order valence-electron chi connectivity index (χ1n) is 7.15. The van der Waals surface area contributed by atoms with Crippen molar-refractivity contribution in [3.05, 3.63) is 5.82 Å². The molecule has 2 bridgehead atoms. The quantitative estimate of drug-likeness (QED) is 0.839. The minimum absolute atomic E-state index is 0.662. The molecule has 5 heteroatoms. The number of likely N-dealkylation sites (tertiary alicyclic amines) is 1. The van der Waals surface area contributed by atoms with Gasteiger partial charge in [0.05, 0.1) is 0 Å². The Kier molecular flexibility index (Phi) is 3.52. The third-order valence-electron chi connectivity index (χ3n) is 4.31. The van der Waals surface area contributed by atoms with E-state index in [4.69, 9.17) is 4.98 Å². The Hall–Kier alpha value is -0.680. The molecule has 0 aromatic carbocycles. The molecule has 3 heterocycles. The average Bonchev–Trinajstić information content (AvgIpc) is 2.93. The van der Waals surface area contributed by atoms with E-state index in [-0.39, 0.29) is 0 Å². The molecule has 1 aromatic heterocycles. The first kappa shape index (κ1) is 12.4. The van der Waals surface area contributed by atoms with Crippen molar-refractivity contribution in [3.63, 3.8) is 0 Å². The van der Waals surface area contributed by atoms with E-state index in [1.54, 1.807) is 11.5 Å². The van der Waals surface area contributed by atoms with Crippen molar-refractivity contribution >= 4 is 16.7 Å². The van der Waals surface area contributed by atoms with E-state index in [0.717, 1.165) is 17.4 Å². The van der Waals surface area contributed by atoms with Gasteiger partial charge in [-0.3, -0.25) is 0 Å². The molecule has 100 valence electrons. The fourth-order valence-electron chi connectivity index (χ4n) is 3.24. The maximum absolute atomic E-state index is 4.70. The summed E-state index contributed by atoms with van der Waals surface area (Å²) in [5, 5.41) is 1.16. The van der Waals surface area contributed by atoms with E-state index in [1.807, 2.05) is 0 Å². The first-order valence-corrected chi connectivity index (χ1v) is 7.92. The molecule has 0 spiro atoms. The van der Waals surface area contributed by atoms with Gasteiger partial charge in [-0.05, 0) is 25.8 Å². The lowest BCUT2D eigenvalue weighted by molar-refractivity contribution is 0.273. The molecule has 1 aromatic rings. The molecule has 2 atom stereocenters. The minimum Gasteiger partial charge on any atom is -0.340 e. The van der Waals surface area contributed by atoms with E-state index in [1.165, 1.54) is 38.9 Å². The lowest BCUT2D eigenvalue weighted by Crippen LogP contribution is -2.39. The minimum atomic E-state index is 0.662. The van der Waals surface area contributed by atoms with Gasteiger partial charge in [0.1, 0.15) is 5.82 Å². The Morgan fingerprint density at radius 1 is 1.22 bits per heavy atom. The number of fused-ring (bicyclic) bond motifs is 2. The van der Waals surface area contributed by atoms with Gasteiger partial charge in [-0.1, -0.05) is 13.8 Å². The monoisotopic (exact) mass is 266 g/mol. The van der Waals surface area contributed by atoms with Crippen LogP contribution in [0.2, 0.25) is 0 Å². The van der Waals surface area contributed by atoms with Crippen molar-refractivity contribution in [2.45, 2.75) is 51.6 Å². The molecule has 18 heavy (non-hydrogen) atoms. The first-order chi connectivity index (χ1) is 8.81. The van der Waals surface area contributed by atoms with Gasteiger partial charge >= 0.3 is 0 Å². The lowest BCUT2D eigenvalue weighted by Gasteiger charge is -2.27. The summed E-state index contributed by atoms with van der Waals surface area (Å²) in [5.41, 5.74) is 0. The summed E-state index contributed by atoms with van der Waals surface area (Å²) in [6.07, 6.45) is 4.89. The van der Waals surface area contributed by atoms with Gasteiger partial charge in [0, 0.05) is 43.1 Å². The number of aromatic nitrogens is 2. The van der Waals surface area contributed by atoms with Gasteiger partial charge in [-0.15, -0.1) is 0 Å². The number of likely N-dealkylation sites (N-methyl/N-ethyl adjacent to an activating group) is 1. The van der Waals surface area contributed by atoms with Gasteiger partial charge in [0.2, 0.25) is 5.13 Å². The van der Waals surface area contributed by atoms with Gasteiger partial charge in [-0.2, -0.15) is 4.37 Å². The van der Waals surface area contributed by atoms with Gasteiger partial charge < -0.3 is 9.80 Å². The lowest BCUT2D eigenvalue weighted by atomic mass is 10.1. The van der Waals surface area contributed by atoms with Crippen molar-refractivity contribution in [2.75, 3.05) is 24.5 Å². The predicted molar refractivity (Wildman–Crippen MR) is 75.3 cm³/mol. The van der Waals surface area contributed by atoms with Crippen LogP contribution < -0.4 is 4.90 Å². The van der Waals surface area contributed by atoms with Crippen LogP contribution in [0.1, 0.15) is 38.9 Å². The number of aryl methyl sites for hydroxylation is 1. The molecule has 0 radical (unpaired) electrons. The van der Waals surface area contributed by atoms with E-state index in [9.17, 15) is 0 Å². The predicted octanol–water partition coefficient (Wildman–Crippen LogP) is 2.16. The summed E-state index contributed by atoms with van der Waals surface area (Å²) in [5.74, 6) is 1.01. The number of nitrogens with zero attached hydrogens (tertiary/aromatic N) is 4. The molecule has 2 saturated heterocycles. The summed E-state index contributed by atoms with van der Waals surface area (Å²) in [4.78, 5) is 9.86. The standard InChI is InChI=1S/C13H22N4S/c1-3-12-14-13(18-15-12)17-10-5-6-11(17)9-16(4-2)8-7-10/h10-11H,3-9H2,1-2H3. The second-order valence-corrected chi connectivity index (χ2v) is 6.05. The third-order valence-corrected chi connectivity index (χ3v) is 5.08. The smallest absolute Gasteiger partial charge is 0.205 e. The van der Waals surface area contributed by atoms with Crippen molar-refractivity contribution in [3.8, 4) is 0 Å². The number of hydrogen-bond acceptors (Lipinski definition) is 5. The van der Waals surface area contributed by atoms with Crippen LogP contribution in [0, 0.1) is 0 Å². The molecule has 0 aliphatic carbocycles. The van der Waals surface area contributed by atoms with Crippen LogP contribution in [0.25, 0.3) is 0 Å². The highest BCUT2D eigenvalue weighted by Gasteiger charge is 2.38. The van der Waals surface area contributed by atoms with Crippen LogP contribution in [0.4, 0.5) is 5.13 Å². The van der Waals surface area contributed by atoms with Crippen LogP contribution in [0.15, 0.2) is 0 Å². The van der Waals surface area contributed by atoms with E-state index in [0.29, 0.717) is 12.1 Å². The second-order valence-electron chi connectivity index (χ2n) is 5.32. The Bertz CT molecular complexity index is 405. The zero-order chi connectivity index (χ0) is 12.5. The van der Waals surface area contributed by atoms with Crippen LogP contribution in [0.3, 0.4) is 0 Å². The largest absolute Gasteiger partial charge is 0.340 e. The van der Waals surface area contributed by atoms with Crippen molar-refractivity contribution < 1.29 is 0 Å². The summed E-state index contributed by atoms with van der Waals surface area (Å²) >= 11 is 1.59. The highest BCUT2D eigenvalue weighted by Crippen LogP contribution is 2.35. The molecule has 4 nitrogen and oxygen atoms in total. The topological polar surface area (TPSA) is 32.3 Å². The van der Waals surface area contributed by atoms with E-state index >= 15 is 0 Å².